The Balaban J connectivity index is 2.25. The molecule has 1 heterocycles. The number of aromatic nitrogens is 2. The highest BCUT2D eigenvalue weighted by Gasteiger charge is 2.06. The van der Waals surface area contributed by atoms with Gasteiger partial charge in [0, 0.05) is 18.8 Å². The molecule has 94 valence electrons. The minimum atomic E-state index is 0.570. The van der Waals surface area contributed by atoms with E-state index in [1.165, 1.54) is 6.33 Å². The highest BCUT2D eigenvalue weighted by atomic mass is 16.5. The Morgan fingerprint density at radius 3 is 2.56 bits per heavy atom. The van der Waals surface area contributed by atoms with Gasteiger partial charge in [-0.3, -0.25) is 0 Å². The maximum Gasteiger partial charge on any atom is 0.145 e. The zero-order valence-corrected chi connectivity index (χ0v) is 10.3. The van der Waals surface area contributed by atoms with Crippen molar-refractivity contribution in [2.45, 2.75) is 0 Å². The van der Waals surface area contributed by atoms with E-state index in [1.807, 2.05) is 36.2 Å². The first kappa shape index (κ1) is 12.1. The molecule has 1 aromatic heterocycles. The van der Waals surface area contributed by atoms with Gasteiger partial charge in [-0.25, -0.2) is 15.8 Å². The lowest BCUT2D eigenvalue weighted by Gasteiger charge is -2.18. The molecule has 0 radical (unpaired) electrons. The van der Waals surface area contributed by atoms with Gasteiger partial charge in [-0.15, -0.1) is 0 Å². The lowest BCUT2D eigenvalue weighted by atomic mass is 10.3. The molecule has 0 aliphatic carbocycles. The molecule has 0 saturated heterocycles. The van der Waals surface area contributed by atoms with E-state index >= 15 is 0 Å². The summed E-state index contributed by atoms with van der Waals surface area (Å²) >= 11 is 0. The average Bonchev–Trinajstić information content (AvgIpc) is 2.46. The number of rotatable bonds is 4. The molecule has 0 saturated carbocycles. The first-order valence-corrected chi connectivity index (χ1v) is 5.41. The molecule has 2 aromatic rings. The van der Waals surface area contributed by atoms with Crippen LogP contribution < -0.4 is 20.9 Å². The van der Waals surface area contributed by atoms with Crippen LogP contribution in [0.3, 0.4) is 0 Å². The van der Waals surface area contributed by atoms with Crippen molar-refractivity contribution >= 4 is 17.3 Å². The summed E-state index contributed by atoms with van der Waals surface area (Å²) in [4.78, 5) is 10.1. The topological polar surface area (TPSA) is 76.3 Å². The van der Waals surface area contributed by atoms with Crippen LogP contribution in [0.4, 0.5) is 17.3 Å². The third-order valence-electron chi connectivity index (χ3n) is 2.60. The molecule has 6 nitrogen and oxygen atoms in total. The van der Waals surface area contributed by atoms with E-state index in [2.05, 4.69) is 15.4 Å². The molecule has 3 N–H and O–H groups in total. The third-order valence-corrected chi connectivity index (χ3v) is 2.60. The van der Waals surface area contributed by atoms with Crippen molar-refractivity contribution in [3.8, 4) is 5.75 Å². The molecular weight excluding hydrogens is 230 g/mol. The second-order valence-corrected chi connectivity index (χ2v) is 3.66. The van der Waals surface area contributed by atoms with E-state index in [9.17, 15) is 0 Å². The fraction of sp³-hybridized carbons (Fsp3) is 0.167. The van der Waals surface area contributed by atoms with E-state index in [0.717, 1.165) is 17.3 Å². The van der Waals surface area contributed by atoms with Gasteiger partial charge in [0.15, 0.2) is 0 Å². The number of hydrogen-bond donors (Lipinski definition) is 2. The minimum Gasteiger partial charge on any atom is -0.497 e. The number of ether oxygens (including phenoxy) is 1. The summed E-state index contributed by atoms with van der Waals surface area (Å²) < 4.78 is 5.12. The van der Waals surface area contributed by atoms with Gasteiger partial charge < -0.3 is 15.1 Å². The quantitative estimate of drug-likeness (QED) is 0.628. The third kappa shape index (κ3) is 2.49. The van der Waals surface area contributed by atoms with E-state index < -0.39 is 0 Å². The van der Waals surface area contributed by atoms with Crippen LogP contribution in [-0.4, -0.2) is 24.1 Å². The van der Waals surface area contributed by atoms with Crippen LogP contribution in [0.1, 0.15) is 0 Å². The van der Waals surface area contributed by atoms with Gasteiger partial charge in [0.25, 0.3) is 0 Å². The zero-order chi connectivity index (χ0) is 13.0. The second kappa shape index (κ2) is 5.33. The fourth-order valence-electron chi connectivity index (χ4n) is 1.55. The Labute approximate surface area is 105 Å². The molecule has 0 spiro atoms. The van der Waals surface area contributed by atoms with Crippen molar-refractivity contribution in [3.63, 3.8) is 0 Å². The van der Waals surface area contributed by atoms with Crippen LogP contribution in [0.5, 0.6) is 5.75 Å². The lowest BCUT2D eigenvalue weighted by Crippen LogP contribution is -2.14. The first-order valence-electron chi connectivity index (χ1n) is 5.41. The Morgan fingerprint density at radius 1 is 1.22 bits per heavy atom. The maximum atomic E-state index is 5.32. The van der Waals surface area contributed by atoms with Crippen molar-refractivity contribution in [2.24, 2.45) is 5.84 Å². The van der Waals surface area contributed by atoms with Gasteiger partial charge in [-0.1, -0.05) is 0 Å². The minimum absolute atomic E-state index is 0.570. The molecule has 1 aromatic carbocycles. The van der Waals surface area contributed by atoms with Crippen molar-refractivity contribution in [1.82, 2.24) is 9.97 Å². The summed E-state index contributed by atoms with van der Waals surface area (Å²) in [7, 11) is 3.56. The average molecular weight is 245 g/mol. The largest absolute Gasteiger partial charge is 0.497 e. The molecule has 0 amide bonds. The molecule has 0 aliphatic rings. The van der Waals surface area contributed by atoms with Crippen molar-refractivity contribution in [1.29, 1.82) is 0 Å². The van der Waals surface area contributed by atoms with Crippen LogP contribution in [0.15, 0.2) is 36.7 Å². The summed E-state index contributed by atoms with van der Waals surface area (Å²) in [5.74, 6) is 7.46. The Bertz CT molecular complexity index is 514. The Kier molecular flexibility index (Phi) is 3.59. The Morgan fingerprint density at radius 2 is 1.94 bits per heavy atom. The zero-order valence-electron chi connectivity index (χ0n) is 10.3. The SMILES string of the molecule is COc1ccc(N(C)c2cc(NN)ncn2)cc1. The first-order chi connectivity index (χ1) is 8.74. The lowest BCUT2D eigenvalue weighted by molar-refractivity contribution is 0.415. The van der Waals surface area contributed by atoms with Gasteiger partial charge >= 0.3 is 0 Å². The standard InChI is InChI=1S/C12H15N5O/c1-17(9-3-5-10(18-2)6-4-9)12-7-11(16-13)14-8-15-12/h3-8H,13H2,1-2H3,(H,14,15,16). The number of nitrogens with one attached hydrogen (secondary N) is 1. The number of anilines is 3. The maximum absolute atomic E-state index is 5.32. The summed E-state index contributed by atoms with van der Waals surface area (Å²) in [6, 6.07) is 9.47. The normalized spacial score (nSPS) is 9.94. The highest BCUT2D eigenvalue weighted by molar-refractivity contribution is 5.61. The number of nitrogen functional groups attached to an aromatic ring is 1. The summed E-state index contributed by atoms with van der Waals surface area (Å²) in [5.41, 5.74) is 3.49. The molecule has 0 aliphatic heterocycles. The number of nitrogens with two attached hydrogens (primary N) is 1. The van der Waals surface area contributed by atoms with Gasteiger partial charge in [0.05, 0.1) is 7.11 Å². The van der Waals surface area contributed by atoms with Crippen LogP contribution >= 0.6 is 0 Å². The van der Waals surface area contributed by atoms with Crippen LogP contribution in [0, 0.1) is 0 Å². The van der Waals surface area contributed by atoms with Crippen molar-refractivity contribution in [2.75, 3.05) is 24.5 Å². The van der Waals surface area contributed by atoms with Crippen LogP contribution in [-0.2, 0) is 0 Å². The molecule has 0 bridgehead atoms. The molecule has 18 heavy (non-hydrogen) atoms. The summed E-state index contributed by atoms with van der Waals surface area (Å²) in [6.45, 7) is 0. The summed E-state index contributed by atoms with van der Waals surface area (Å²) in [5, 5.41) is 0. The predicted molar refractivity (Wildman–Crippen MR) is 70.9 cm³/mol. The number of hydrazine groups is 1. The second-order valence-electron chi connectivity index (χ2n) is 3.66. The van der Waals surface area contributed by atoms with Crippen LogP contribution in [0.2, 0.25) is 0 Å². The number of benzene rings is 1. The molecule has 6 heteroatoms. The molecule has 0 unspecified atom stereocenters. The van der Waals surface area contributed by atoms with E-state index in [-0.39, 0.29) is 0 Å². The van der Waals surface area contributed by atoms with Gasteiger partial charge in [0.1, 0.15) is 23.7 Å². The van der Waals surface area contributed by atoms with E-state index in [4.69, 9.17) is 10.6 Å². The smallest absolute Gasteiger partial charge is 0.145 e. The van der Waals surface area contributed by atoms with Crippen molar-refractivity contribution < 1.29 is 4.74 Å². The van der Waals surface area contributed by atoms with Crippen molar-refractivity contribution in [3.05, 3.63) is 36.7 Å². The Hall–Kier alpha value is -2.34. The summed E-state index contributed by atoms with van der Waals surface area (Å²) in [6.07, 6.45) is 1.46. The molecule has 0 fully saturated rings. The number of hydrogen-bond acceptors (Lipinski definition) is 6. The monoisotopic (exact) mass is 245 g/mol. The van der Waals surface area contributed by atoms with Crippen LogP contribution in [0.25, 0.3) is 0 Å². The molecule has 2 rings (SSSR count). The van der Waals surface area contributed by atoms with E-state index in [1.54, 1.807) is 13.2 Å². The van der Waals surface area contributed by atoms with Gasteiger partial charge in [-0.05, 0) is 24.3 Å². The molecular formula is C12H15N5O. The fourth-order valence-corrected chi connectivity index (χ4v) is 1.55. The molecule has 0 atom stereocenters. The van der Waals surface area contributed by atoms with E-state index in [0.29, 0.717) is 5.82 Å². The van der Waals surface area contributed by atoms with Gasteiger partial charge in [0.2, 0.25) is 0 Å². The number of nitrogens with zero attached hydrogens (tertiary/aromatic N) is 3. The highest BCUT2D eigenvalue weighted by Crippen LogP contribution is 2.24. The van der Waals surface area contributed by atoms with Gasteiger partial charge in [-0.2, -0.15) is 0 Å². The number of methoxy groups -OCH3 is 1. The predicted octanol–water partition coefficient (Wildman–Crippen LogP) is 1.54.